The molecule has 116 valence electrons. The van der Waals surface area contributed by atoms with Gasteiger partial charge in [0.2, 0.25) is 10.0 Å². The maximum Gasteiger partial charge on any atom is 0.244 e. The van der Waals surface area contributed by atoms with Gasteiger partial charge in [0.05, 0.1) is 6.61 Å². The summed E-state index contributed by atoms with van der Waals surface area (Å²) in [5.74, 6) is 0. The lowest BCUT2D eigenvalue weighted by Gasteiger charge is -2.28. The van der Waals surface area contributed by atoms with E-state index in [2.05, 4.69) is 0 Å². The van der Waals surface area contributed by atoms with Gasteiger partial charge >= 0.3 is 0 Å². The van der Waals surface area contributed by atoms with Gasteiger partial charge in [-0.2, -0.15) is 4.31 Å². The van der Waals surface area contributed by atoms with Crippen molar-refractivity contribution in [1.29, 1.82) is 0 Å². The summed E-state index contributed by atoms with van der Waals surface area (Å²) in [6.45, 7) is 4.63. The Hall–Kier alpha value is -0.890. The van der Waals surface area contributed by atoms with Crippen molar-refractivity contribution >= 4 is 10.0 Å². The molecule has 0 saturated heterocycles. The zero-order valence-electron chi connectivity index (χ0n) is 12.9. The minimum Gasteiger partial charge on any atom is -0.390 e. The Morgan fingerprint density at radius 2 is 2.00 bits per heavy atom. The molecule has 0 aliphatic rings. The molecule has 0 aliphatic heterocycles. The molecule has 0 amide bonds. The van der Waals surface area contributed by atoms with Gasteiger partial charge in [0.25, 0.3) is 0 Å². The van der Waals surface area contributed by atoms with E-state index in [1.807, 2.05) is 32.8 Å². The average Bonchev–Trinajstić information content (AvgIpc) is 2.70. The number of sulfonamides is 1. The summed E-state index contributed by atoms with van der Waals surface area (Å²) in [6.07, 6.45) is 1.55. The maximum absolute atomic E-state index is 12.7. The maximum atomic E-state index is 12.7. The first-order valence-corrected chi connectivity index (χ1v) is 8.10. The fraction of sp³-hybridized carbons (Fsp3) is 0.692. The van der Waals surface area contributed by atoms with Gasteiger partial charge in [-0.25, -0.2) is 8.42 Å². The van der Waals surface area contributed by atoms with E-state index >= 15 is 0 Å². The quantitative estimate of drug-likeness (QED) is 0.795. The van der Waals surface area contributed by atoms with Crippen LogP contribution >= 0.6 is 0 Å². The van der Waals surface area contributed by atoms with Gasteiger partial charge in [-0.15, -0.1) is 0 Å². The SMILES string of the molecule is CCN(C(C)CN(C)C)S(=O)(=O)c1cc(CO)n(C)c1. The van der Waals surface area contributed by atoms with Gasteiger partial charge in [-0.05, 0) is 27.1 Å². The second-order valence-corrected chi connectivity index (χ2v) is 7.15. The van der Waals surface area contributed by atoms with Crippen LogP contribution in [0, 0.1) is 0 Å². The molecule has 0 saturated carbocycles. The van der Waals surface area contributed by atoms with Gasteiger partial charge in [0, 0.05) is 38.1 Å². The number of likely N-dealkylation sites (N-methyl/N-ethyl adjacent to an activating group) is 2. The third-order valence-electron chi connectivity index (χ3n) is 3.28. The molecule has 0 fully saturated rings. The lowest BCUT2D eigenvalue weighted by Crippen LogP contribution is -2.43. The Labute approximate surface area is 121 Å². The van der Waals surface area contributed by atoms with Crippen LogP contribution in [0.5, 0.6) is 0 Å². The van der Waals surface area contributed by atoms with E-state index in [0.717, 1.165) is 0 Å². The Kier molecular flexibility index (Phi) is 5.76. The van der Waals surface area contributed by atoms with Gasteiger partial charge < -0.3 is 14.6 Å². The smallest absolute Gasteiger partial charge is 0.244 e. The second-order valence-electron chi connectivity index (χ2n) is 5.26. The highest BCUT2D eigenvalue weighted by atomic mass is 32.2. The molecular formula is C13H25N3O3S. The predicted octanol–water partition coefficient (Wildman–Crippen LogP) is 0.478. The highest BCUT2D eigenvalue weighted by Gasteiger charge is 2.29. The number of aryl methyl sites for hydroxylation is 1. The minimum atomic E-state index is -3.53. The summed E-state index contributed by atoms with van der Waals surface area (Å²) in [6, 6.07) is 1.41. The first kappa shape index (κ1) is 17.2. The van der Waals surface area contributed by atoms with E-state index < -0.39 is 10.0 Å². The van der Waals surface area contributed by atoms with Crippen molar-refractivity contribution in [3.05, 3.63) is 18.0 Å². The van der Waals surface area contributed by atoms with Crippen molar-refractivity contribution in [2.75, 3.05) is 27.2 Å². The fourth-order valence-electron chi connectivity index (χ4n) is 2.35. The summed E-state index contributed by atoms with van der Waals surface area (Å²) in [5.41, 5.74) is 0.583. The highest BCUT2D eigenvalue weighted by molar-refractivity contribution is 7.89. The Balaban J connectivity index is 3.11. The van der Waals surface area contributed by atoms with Crippen LogP contribution in [0.25, 0.3) is 0 Å². The fourth-order valence-corrected chi connectivity index (χ4v) is 4.08. The molecule has 1 aromatic rings. The summed E-state index contributed by atoms with van der Waals surface area (Å²) >= 11 is 0. The van der Waals surface area contributed by atoms with Crippen LogP contribution in [-0.2, 0) is 23.7 Å². The number of hydrogen-bond donors (Lipinski definition) is 1. The van der Waals surface area contributed by atoms with Crippen molar-refractivity contribution in [3.8, 4) is 0 Å². The molecule has 20 heavy (non-hydrogen) atoms. The van der Waals surface area contributed by atoms with Crippen LogP contribution in [0.1, 0.15) is 19.5 Å². The molecule has 0 bridgehead atoms. The number of aromatic nitrogens is 1. The Morgan fingerprint density at radius 1 is 1.40 bits per heavy atom. The van der Waals surface area contributed by atoms with Crippen LogP contribution in [0.2, 0.25) is 0 Å². The number of nitrogens with zero attached hydrogens (tertiary/aromatic N) is 3. The Morgan fingerprint density at radius 3 is 2.40 bits per heavy atom. The van der Waals surface area contributed by atoms with E-state index in [0.29, 0.717) is 18.8 Å². The number of aliphatic hydroxyl groups excluding tert-OH is 1. The van der Waals surface area contributed by atoms with Crippen LogP contribution in [0.4, 0.5) is 0 Å². The third-order valence-corrected chi connectivity index (χ3v) is 5.34. The first-order valence-electron chi connectivity index (χ1n) is 6.66. The normalized spacial score (nSPS) is 14.2. The summed E-state index contributed by atoms with van der Waals surface area (Å²) in [5, 5.41) is 9.19. The lowest BCUT2D eigenvalue weighted by molar-refractivity contribution is 0.271. The molecule has 1 aromatic heterocycles. The number of hydrogen-bond acceptors (Lipinski definition) is 4. The molecule has 1 unspecified atom stereocenters. The zero-order chi connectivity index (χ0) is 15.5. The molecule has 0 radical (unpaired) electrons. The highest BCUT2D eigenvalue weighted by Crippen LogP contribution is 2.20. The van der Waals surface area contributed by atoms with E-state index in [-0.39, 0.29) is 17.5 Å². The molecular weight excluding hydrogens is 278 g/mol. The van der Waals surface area contributed by atoms with Crippen LogP contribution < -0.4 is 0 Å². The molecule has 1 heterocycles. The van der Waals surface area contributed by atoms with E-state index in [1.165, 1.54) is 10.4 Å². The molecule has 1 rings (SSSR count). The summed E-state index contributed by atoms with van der Waals surface area (Å²) in [4.78, 5) is 2.20. The average molecular weight is 303 g/mol. The van der Waals surface area contributed by atoms with E-state index in [1.54, 1.807) is 17.8 Å². The van der Waals surface area contributed by atoms with Crippen LogP contribution in [0.15, 0.2) is 17.2 Å². The van der Waals surface area contributed by atoms with Gasteiger partial charge in [-0.1, -0.05) is 6.92 Å². The van der Waals surface area contributed by atoms with Crippen LogP contribution in [0.3, 0.4) is 0 Å². The van der Waals surface area contributed by atoms with Crippen molar-refractivity contribution in [2.45, 2.75) is 31.4 Å². The number of aliphatic hydroxyl groups is 1. The van der Waals surface area contributed by atoms with Crippen molar-refractivity contribution in [1.82, 2.24) is 13.8 Å². The lowest BCUT2D eigenvalue weighted by atomic mass is 10.3. The number of rotatable bonds is 7. The molecule has 0 aliphatic carbocycles. The Bertz CT molecular complexity index is 537. The van der Waals surface area contributed by atoms with Gasteiger partial charge in [0.1, 0.15) is 4.90 Å². The largest absolute Gasteiger partial charge is 0.390 e. The topological polar surface area (TPSA) is 65.8 Å². The molecule has 1 N–H and O–H groups in total. The van der Waals surface area contributed by atoms with E-state index in [9.17, 15) is 13.5 Å². The molecule has 0 spiro atoms. The molecule has 0 aromatic carbocycles. The molecule has 7 heteroatoms. The van der Waals surface area contributed by atoms with E-state index in [4.69, 9.17) is 0 Å². The van der Waals surface area contributed by atoms with Gasteiger partial charge in [0.15, 0.2) is 0 Å². The van der Waals surface area contributed by atoms with Gasteiger partial charge in [-0.3, -0.25) is 0 Å². The summed E-state index contributed by atoms with van der Waals surface area (Å²) < 4.78 is 28.5. The summed E-state index contributed by atoms with van der Waals surface area (Å²) in [7, 11) is 2.03. The standard InChI is InChI=1S/C13H25N3O3S/c1-6-16(11(2)8-14(3)4)20(18,19)13-7-12(10-17)15(5)9-13/h7,9,11,17H,6,8,10H2,1-5H3. The molecule has 6 nitrogen and oxygen atoms in total. The van der Waals surface area contributed by atoms with Crippen LogP contribution in [-0.4, -0.2) is 60.5 Å². The van der Waals surface area contributed by atoms with Crippen molar-refractivity contribution in [3.63, 3.8) is 0 Å². The minimum absolute atomic E-state index is 0.113. The zero-order valence-corrected chi connectivity index (χ0v) is 13.7. The first-order chi connectivity index (χ1) is 9.23. The van der Waals surface area contributed by atoms with Crippen molar-refractivity contribution < 1.29 is 13.5 Å². The predicted molar refractivity (Wildman–Crippen MR) is 78.9 cm³/mol. The van der Waals surface area contributed by atoms with Crippen molar-refractivity contribution in [2.24, 2.45) is 7.05 Å². The monoisotopic (exact) mass is 303 g/mol. The third kappa shape index (κ3) is 3.60. The molecule has 1 atom stereocenters. The second kappa shape index (κ2) is 6.71.